The molecule has 8 aromatic carbocycles. The first-order valence-electron chi connectivity index (χ1n) is 17.2. The Morgan fingerprint density at radius 1 is 0.365 bits per heavy atom. The van der Waals surface area contributed by atoms with E-state index in [0.29, 0.717) is 28.9 Å². The summed E-state index contributed by atoms with van der Waals surface area (Å²) in [4.78, 5) is 20.4. The van der Waals surface area contributed by atoms with Gasteiger partial charge in [-0.25, -0.2) is 19.9 Å². The van der Waals surface area contributed by atoms with Crippen molar-refractivity contribution >= 4 is 65.4 Å². The fourth-order valence-corrected chi connectivity index (χ4v) is 7.49. The lowest BCUT2D eigenvalue weighted by Crippen LogP contribution is -2.01. The van der Waals surface area contributed by atoms with Crippen LogP contribution in [0.2, 0.25) is 0 Å². The smallest absolute Gasteiger partial charge is 0.227 e. The predicted octanol–water partition coefficient (Wildman–Crippen LogP) is 12.0. The molecule has 0 N–H and O–H groups in total. The number of hydrogen-bond acceptors (Lipinski definition) is 6. The number of aromatic nitrogens is 4. The highest BCUT2D eigenvalue weighted by molar-refractivity contribution is 6.25. The van der Waals surface area contributed by atoms with Gasteiger partial charge in [-0.2, -0.15) is 0 Å². The second-order valence-corrected chi connectivity index (χ2v) is 13.0. The average molecular weight is 667 g/mol. The minimum Gasteiger partial charge on any atom is -0.456 e. The minimum atomic E-state index is 0.575. The van der Waals surface area contributed by atoms with Crippen LogP contribution in [0.25, 0.3) is 111 Å². The van der Waals surface area contributed by atoms with Gasteiger partial charge in [-0.3, -0.25) is 0 Å². The normalized spacial score (nSPS) is 11.8. The zero-order chi connectivity index (χ0) is 34.2. The van der Waals surface area contributed by atoms with E-state index in [0.717, 1.165) is 82.0 Å². The highest BCUT2D eigenvalue weighted by atomic mass is 16.4. The first-order valence-corrected chi connectivity index (χ1v) is 17.2. The molecule has 0 amide bonds. The summed E-state index contributed by atoms with van der Waals surface area (Å²) in [6.07, 6.45) is 0. The van der Waals surface area contributed by atoms with E-state index in [1.54, 1.807) is 0 Å². The number of rotatable bonds is 4. The van der Waals surface area contributed by atoms with Gasteiger partial charge in [0.2, 0.25) is 5.89 Å². The van der Waals surface area contributed by atoms with Gasteiger partial charge >= 0.3 is 0 Å². The first-order chi connectivity index (χ1) is 25.7. The number of furan rings is 1. The van der Waals surface area contributed by atoms with Crippen molar-refractivity contribution < 1.29 is 8.83 Å². The number of nitrogens with zero attached hydrogens (tertiary/aromatic N) is 4. The van der Waals surface area contributed by atoms with Crippen molar-refractivity contribution in [3.63, 3.8) is 0 Å². The molecule has 0 saturated carbocycles. The van der Waals surface area contributed by atoms with Crippen molar-refractivity contribution in [1.82, 2.24) is 19.9 Å². The number of fused-ring (bicyclic) bond motifs is 9. The molecule has 242 valence electrons. The first kappa shape index (κ1) is 28.6. The molecule has 11 aromatic rings. The molecule has 6 heteroatoms. The molecule has 52 heavy (non-hydrogen) atoms. The van der Waals surface area contributed by atoms with Crippen LogP contribution >= 0.6 is 0 Å². The summed E-state index contributed by atoms with van der Waals surface area (Å²) >= 11 is 0. The zero-order valence-electron chi connectivity index (χ0n) is 27.6. The van der Waals surface area contributed by atoms with Crippen molar-refractivity contribution in [2.24, 2.45) is 0 Å². The summed E-state index contributed by atoms with van der Waals surface area (Å²) in [5, 5.41) is 8.37. The van der Waals surface area contributed by atoms with Gasteiger partial charge in [0.15, 0.2) is 23.1 Å². The highest BCUT2D eigenvalue weighted by Gasteiger charge is 2.20. The Morgan fingerprint density at radius 3 is 1.67 bits per heavy atom. The van der Waals surface area contributed by atoms with E-state index < -0.39 is 0 Å². The van der Waals surface area contributed by atoms with E-state index in [1.807, 2.05) is 48.5 Å². The van der Waals surface area contributed by atoms with Crippen LogP contribution in [0, 0.1) is 0 Å². The molecule has 3 aromatic heterocycles. The second-order valence-electron chi connectivity index (χ2n) is 13.0. The summed E-state index contributed by atoms with van der Waals surface area (Å²) in [6.45, 7) is 0. The van der Waals surface area contributed by atoms with Gasteiger partial charge in [-0.15, -0.1) is 0 Å². The summed E-state index contributed by atoms with van der Waals surface area (Å²) in [5.41, 5.74) is 6.69. The summed E-state index contributed by atoms with van der Waals surface area (Å²) in [6, 6.07) is 53.6. The van der Waals surface area contributed by atoms with Crippen molar-refractivity contribution in [1.29, 1.82) is 0 Å². The van der Waals surface area contributed by atoms with Crippen LogP contribution < -0.4 is 0 Å². The Balaban J connectivity index is 1.17. The molecular formula is C46H26N4O2. The SMILES string of the molecule is c1ccc(-c2nc3ccc4oc5ccc6ccc(-c7nc(-c8cccc9ccccc89)nc(-c8cccc9ccccc89)n7)cc6c5c4c3o2)cc1. The molecule has 0 aliphatic carbocycles. The van der Waals surface area contributed by atoms with E-state index in [2.05, 4.69) is 109 Å². The largest absolute Gasteiger partial charge is 0.456 e. The molecule has 3 heterocycles. The number of hydrogen-bond donors (Lipinski definition) is 0. The van der Waals surface area contributed by atoms with E-state index in [1.165, 1.54) is 0 Å². The molecule has 6 nitrogen and oxygen atoms in total. The van der Waals surface area contributed by atoms with Gasteiger partial charge in [0.25, 0.3) is 0 Å². The van der Waals surface area contributed by atoms with Crippen LogP contribution in [0.15, 0.2) is 167 Å². The van der Waals surface area contributed by atoms with Crippen LogP contribution in [-0.4, -0.2) is 19.9 Å². The van der Waals surface area contributed by atoms with Gasteiger partial charge in [-0.05, 0) is 68.7 Å². The second kappa shape index (κ2) is 11.2. The Morgan fingerprint density at radius 2 is 0.942 bits per heavy atom. The van der Waals surface area contributed by atoms with Gasteiger partial charge in [0.1, 0.15) is 16.7 Å². The maximum absolute atomic E-state index is 6.49. The molecule has 0 radical (unpaired) electrons. The quantitative estimate of drug-likeness (QED) is 0.186. The molecule has 11 rings (SSSR count). The third-order valence-corrected chi connectivity index (χ3v) is 9.95. The Bertz CT molecular complexity index is 3090. The maximum Gasteiger partial charge on any atom is 0.227 e. The van der Waals surface area contributed by atoms with Gasteiger partial charge in [0, 0.05) is 27.6 Å². The molecule has 0 unspecified atom stereocenters. The fraction of sp³-hybridized carbons (Fsp3) is 0. The monoisotopic (exact) mass is 666 g/mol. The minimum absolute atomic E-state index is 0.575. The average Bonchev–Trinajstić information content (AvgIpc) is 3.83. The molecule has 0 bridgehead atoms. The number of oxazole rings is 1. The Kier molecular flexibility index (Phi) is 6.15. The van der Waals surface area contributed by atoms with Crippen LogP contribution in [0.3, 0.4) is 0 Å². The van der Waals surface area contributed by atoms with Crippen molar-refractivity contribution in [3.8, 4) is 45.6 Å². The fourth-order valence-electron chi connectivity index (χ4n) is 7.49. The summed E-state index contributed by atoms with van der Waals surface area (Å²) < 4.78 is 12.9. The van der Waals surface area contributed by atoms with E-state index >= 15 is 0 Å². The van der Waals surface area contributed by atoms with E-state index in [9.17, 15) is 0 Å². The predicted molar refractivity (Wildman–Crippen MR) is 209 cm³/mol. The van der Waals surface area contributed by atoms with Crippen molar-refractivity contribution in [3.05, 3.63) is 158 Å². The molecule has 0 fully saturated rings. The molecule has 0 saturated heterocycles. The van der Waals surface area contributed by atoms with Crippen molar-refractivity contribution in [2.75, 3.05) is 0 Å². The topological polar surface area (TPSA) is 77.8 Å². The molecule has 0 aliphatic heterocycles. The molecular weight excluding hydrogens is 641 g/mol. The van der Waals surface area contributed by atoms with E-state index in [-0.39, 0.29) is 0 Å². The Labute approximate surface area is 296 Å². The molecule has 0 atom stereocenters. The van der Waals surface area contributed by atoms with Crippen LogP contribution in [0.1, 0.15) is 0 Å². The highest BCUT2D eigenvalue weighted by Crippen LogP contribution is 2.41. The van der Waals surface area contributed by atoms with E-state index in [4.69, 9.17) is 28.8 Å². The lowest BCUT2D eigenvalue weighted by molar-refractivity contribution is 0.622. The van der Waals surface area contributed by atoms with Crippen LogP contribution in [0.5, 0.6) is 0 Å². The zero-order valence-corrected chi connectivity index (χ0v) is 27.6. The van der Waals surface area contributed by atoms with Gasteiger partial charge in [0.05, 0.1) is 5.39 Å². The van der Waals surface area contributed by atoms with Gasteiger partial charge < -0.3 is 8.83 Å². The molecule has 0 spiro atoms. The molecule has 0 aliphatic rings. The lowest BCUT2D eigenvalue weighted by atomic mass is 10.00. The maximum atomic E-state index is 6.49. The van der Waals surface area contributed by atoms with Crippen LogP contribution in [0.4, 0.5) is 0 Å². The third kappa shape index (κ3) is 4.44. The summed E-state index contributed by atoms with van der Waals surface area (Å²) in [7, 11) is 0. The third-order valence-electron chi connectivity index (χ3n) is 9.95. The standard InChI is InChI=1S/C46H26N4O2/c1-2-12-30(13-3-1)46-47-37-23-25-39-41(42(37)52-46)40-36-26-31(21-20-29(36)22-24-38(40)51-39)43-48-44(34-18-8-14-27-10-4-6-16-32(27)34)50-45(49-43)35-19-9-15-28-11-5-7-17-33(28)35/h1-26H. The Hall–Kier alpha value is -7.18. The van der Waals surface area contributed by atoms with Gasteiger partial charge in [-0.1, -0.05) is 121 Å². The van der Waals surface area contributed by atoms with Crippen molar-refractivity contribution in [2.45, 2.75) is 0 Å². The summed E-state index contributed by atoms with van der Waals surface area (Å²) in [5.74, 6) is 2.40. The number of benzene rings is 8. The lowest BCUT2D eigenvalue weighted by Gasteiger charge is -2.12. The van der Waals surface area contributed by atoms with Crippen LogP contribution in [-0.2, 0) is 0 Å².